The average Bonchev–Trinajstić information content (AvgIpc) is 3.32. The smallest absolute Gasteiger partial charge is 0.161 e. The summed E-state index contributed by atoms with van der Waals surface area (Å²) >= 11 is 9.52. The average molecular weight is 367 g/mol. The first kappa shape index (κ1) is 14.8. The Kier molecular flexibility index (Phi) is 4.45. The number of nitrogens with one attached hydrogen (secondary N) is 1. The zero-order chi connectivity index (χ0) is 14.8. The van der Waals surface area contributed by atoms with Crippen molar-refractivity contribution in [2.45, 2.75) is 32.1 Å². The largest absolute Gasteiger partial charge is 0.370 e. The van der Waals surface area contributed by atoms with E-state index in [0.29, 0.717) is 10.9 Å². The minimum Gasteiger partial charge on any atom is -0.370 e. The number of hydrogen-bond donors (Lipinski definition) is 1. The Morgan fingerprint density at radius 1 is 1.29 bits per heavy atom. The number of anilines is 1. The van der Waals surface area contributed by atoms with Crippen LogP contribution in [0, 0.1) is 0 Å². The fourth-order valence-electron chi connectivity index (χ4n) is 2.16. The summed E-state index contributed by atoms with van der Waals surface area (Å²) in [7, 11) is 0. The molecule has 0 aliphatic heterocycles. The van der Waals surface area contributed by atoms with E-state index in [4.69, 9.17) is 16.6 Å². The summed E-state index contributed by atoms with van der Waals surface area (Å²) in [5, 5.41) is 4.06. The van der Waals surface area contributed by atoms with E-state index in [0.717, 1.165) is 40.3 Å². The molecule has 1 saturated carbocycles. The number of aromatic nitrogens is 2. The third kappa shape index (κ3) is 3.55. The van der Waals surface area contributed by atoms with Gasteiger partial charge in [-0.25, -0.2) is 9.97 Å². The summed E-state index contributed by atoms with van der Waals surface area (Å²) in [5.41, 5.74) is 2.12. The number of hydrogen-bond acceptors (Lipinski definition) is 3. The molecule has 0 spiro atoms. The van der Waals surface area contributed by atoms with Crippen molar-refractivity contribution in [1.29, 1.82) is 0 Å². The van der Waals surface area contributed by atoms with E-state index in [1.165, 1.54) is 12.8 Å². The van der Waals surface area contributed by atoms with Gasteiger partial charge in [0.2, 0.25) is 0 Å². The van der Waals surface area contributed by atoms with E-state index >= 15 is 0 Å². The van der Waals surface area contributed by atoms with Gasteiger partial charge in [0.25, 0.3) is 0 Å². The Labute approximate surface area is 138 Å². The molecule has 3 rings (SSSR count). The van der Waals surface area contributed by atoms with Crippen molar-refractivity contribution in [3.63, 3.8) is 0 Å². The SMILES string of the molecule is CCCNc1cc(C2CC2)nc(-c2ccc(Cl)c(Br)c2)n1. The highest BCUT2D eigenvalue weighted by Gasteiger charge is 2.26. The van der Waals surface area contributed by atoms with Crippen LogP contribution in [0.15, 0.2) is 28.7 Å². The van der Waals surface area contributed by atoms with Crippen molar-refractivity contribution in [3.05, 3.63) is 39.5 Å². The molecule has 2 aromatic rings. The third-order valence-electron chi connectivity index (χ3n) is 3.48. The molecule has 1 aliphatic rings. The molecule has 0 unspecified atom stereocenters. The normalized spacial score (nSPS) is 14.2. The molecule has 1 heterocycles. The van der Waals surface area contributed by atoms with Crippen LogP contribution in [0.1, 0.15) is 37.8 Å². The summed E-state index contributed by atoms with van der Waals surface area (Å²) in [4.78, 5) is 9.37. The number of benzene rings is 1. The van der Waals surface area contributed by atoms with E-state index in [-0.39, 0.29) is 0 Å². The highest BCUT2D eigenvalue weighted by atomic mass is 79.9. The van der Waals surface area contributed by atoms with Crippen molar-refractivity contribution in [2.24, 2.45) is 0 Å². The molecular weight excluding hydrogens is 350 g/mol. The van der Waals surface area contributed by atoms with E-state index in [9.17, 15) is 0 Å². The van der Waals surface area contributed by atoms with Crippen molar-refractivity contribution in [3.8, 4) is 11.4 Å². The second kappa shape index (κ2) is 6.32. The van der Waals surface area contributed by atoms with Crippen LogP contribution in [0.2, 0.25) is 5.02 Å². The molecule has 1 N–H and O–H groups in total. The van der Waals surface area contributed by atoms with Crippen LogP contribution < -0.4 is 5.32 Å². The molecular formula is C16H17BrClN3. The molecule has 0 amide bonds. The minimum absolute atomic E-state index is 0.602. The molecule has 1 fully saturated rings. The topological polar surface area (TPSA) is 37.8 Å². The van der Waals surface area contributed by atoms with Crippen LogP contribution in [0.5, 0.6) is 0 Å². The highest BCUT2D eigenvalue weighted by Crippen LogP contribution is 2.40. The first-order valence-corrected chi connectivity index (χ1v) is 8.42. The first-order chi connectivity index (χ1) is 10.2. The maximum atomic E-state index is 6.06. The third-order valence-corrected chi connectivity index (χ3v) is 4.69. The quantitative estimate of drug-likeness (QED) is 0.784. The lowest BCUT2D eigenvalue weighted by atomic mass is 10.2. The molecule has 5 heteroatoms. The van der Waals surface area contributed by atoms with Gasteiger partial charge >= 0.3 is 0 Å². The predicted octanol–water partition coefficient (Wildman–Crippen LogP) is 5.26. The molecule has 0 bridgehead atoms. The molecule has 3 nitrogen and oxygen atoms in total. The molecule has 21 heavy (non-hydrogen) atoms. The molecule has 1 aromatic heterocycles. The Morgan fingerprint density at radius 2 is 2.10 bits per heavy atom. The fraction of sp³-hybridized carbons (Fsp3) is 0.375. The molecule has 1 aromatic carbocycles. The lowest BCUT2D eigenvalue weighted by Gasteiger charge is -2.10. The second-order valence-corrected chi connectivity index (χ2v) is 6.59. The van der Waals surface area contributed by atoms with E-state index in [1.807, 2.05) is 18.2 Å². The summed E-state index contributed by atoms with van der Waals surface area (Å²) in [6.07, 6.45) is 3.53. The number of halogens is 2. The maximum absolute atomic E-state index is 6.06. The van der Waals surface area contributed by atoms with Gasteiger partial charge in [-0.05, 0) is 53.4 Å². The predicted molar refractivity (Wildman–Crippen MR) is 90.9 cm³/mol. The van der Waals surface area contributed by atoms with Crippen molar-refractivity contribution in [1.82, 2.24) is 9.97 Å². The second-order valence-electron chi connectivity index (χ2n) is 5.33. The van der Waals surface area contributed by atoms with Crippen LogP contribution in [0.3, 0.4) is 0 Å². The standard InChI is InChI=1S/C16H17BrClN3/c1-2-7-19-15-9-14(10-3-4-10)20-16(21-15)11-5-6-13(18)12(17)8-11/h5-6,8-10H,2-4,7H2,1H3,(H,19,20,21). The Bertz CT molecular complexity index is 656. The van der Waals surface area contributed by atoms with E-state index in [2.05, 4.69) is 39.2 Å². The van der Waals surface area contributed by atoms with E-state index < -0.39 is 0 Å². The van der Waals surface area contributed by atoms with Gasteiger partial charge in [-0.2, -0.15) is 0 Å². The van der Waals surface area contributed by atoms with Crippen LogP contribution in [0.4, 0.5) is 5.82 Å². The van der Waals surface area contributed by atoms with Crippen LogP contribution >= 0.6 is 27.5 Å². The molecule has 1 aliphatic carbocycles. The van der Waals surface area contributed by atoms with Gasteiger partial charge in [-0.1, -0.05) is 18.5 Å². The van der Waals surface area contributed by atoms with Gasteiger partial charge in [0, 0.05) is 34.3 Å². The Hall–Kier alpha value is -1.13. The Morgan fingerprint density at radius 3 is 2.76 bits per heavy atom. The molecule has 0 saturated heterocycles. The summed E-state index contributed by atoms with van der Waals surface area (Å²) in [5.74, 6) is 2.27. The van der Waals surface area contributed by atoms with Crippen LogP contribution in [-0.2, 0) is 0 Å². The number of rotatable bonds is 5. The van der Waals surface area contributed by atoms with Crippen LogP contribution in [0.25, 0.3) is 11.4 Å². The van der Waals surface area contributed by atoms with Crippen molar-refractivity contribution >= 4 is 33.3 Å². The highest BCUT2D eigenvalue weighted by molar-refractivity contribution is 9.10. The fourth-order valence-corrected chi connectivity index (χ4v) is 2.66. The van der Waals surface area contributed by atoms with Crippen molar-refractivity contribution in [2.75, 3.05) is 11.9 Å². The van der Waals surface area contributed by atoms with Gasteiger partial charge in [0.05, 0.1) is 5.02 Å². The van der Waals surface area contributed by atoms with Crippen molar-refractivity contribution < 1.29 is 0 Å². The van der Waals surface area contributed by atoms with Crippen LogP contribution in [-0.4, -0.2) is 16.5 Å². The molecule has 0 radical (unpaired) electrons. The summed E-state index contributed by atoms with van der Waals surface area (Å²) < 4.78 is 0.866. The van der Waals surface area contributed by atoms with Gasteiger partial charge in [-0.15, -0.1) is 0 Å². The monoisotopic (exact) mass is 365 g/mol. The van der Waals surface area contributed by atoms with E-state index in [1.54, 1.807) is 0 Å². The lowest BCUT2D eigenvalue weighted by molar-refractivity contribution is 0.948. The van der Waals surface area contributed by atoms with Gasteiger partial charge in [-0.3, -0.25) is 0 Å². The van der Waals surface area contributed by atoms with Gasteiger partial charge in [0.1, 0.15) is 5.82 Å². The lowest BCUT2D eigenvalue weighted by Crippen LogP contribution is -2.05. The molecule has 0 atom stereocenters. The zero-order valence-electron chi connectivity index (χ0n) is 11.9. The summed E-state index contributed by atoms with van der Waals surface area (Å²) in [6.45, 7) is 3.07. The first-order valence-electron chi connectivity index (χ1n) is 7.25. The maximum Gasteiger partial charge on any atom is 0.161 e. The van der Waals surface area contributed by atoms with Gasteiger partial charge < -0.3 is 5.32 Å². The zero-order valence-corrected chi connectivity index (χ0v) is 14.2. The Balaban J connectivity index is 1.99. The van der Waals surface area contributed by atoms with Gasteiger partial charge in [0.15, 0.2) is 5.82 Å². The summed E-state index contributed by atoms with van der Waals surface area (Å²) in [6, 6.07) is 7.88. The molecule has 110 valence electrons. The minimum atomic E-state index is 0.602. The number of nitrogens with zero attached hydrogens (tertiary/aromatic N) is 2.